The number of rotatable bonds is 9. The lowest BCUT2D eigenvalue weighted by Gasteiger charge is -2.47. The van der Waals surface area contributed by atoms with Crippen LogP contribution >= 0.6 is 23.7 Å². The highest BCUT2D eigenvalue weighted by Crippen LogP contribution is 2.45. The quantitative estimate of drug-likeness (QED) is 0.406. The fourth-order valence-corrected chi connectivity index (χ4v) is 7.91. The van der Waals surface area contributed by atoms with Gasteiger partial charge in [-0.25, -0.2) is 8.42 Å². The zero-order valence-electron chi connectivity index (χ0n) is 20.9. The Hall–Kier alpha value is -1.94. The van der Waals surface area contributed by atoms with Gasteiger partial charge >= 0.3 is 0 Å². The van der Waals surface area contributed by atoms with E-state index in [1.807, 2.05) is 68.7 Å². The normalized spacial score (nSPS) is 22.4. The second-order valence-electron chi connectivity index (χ2n) is 9.51. The van der Waals surface area contributed by atoms with E-state index in [1.165, 1.54) is 11.3 Å². The van der Waals surface area contributed by atoms with Crippen LogP contribution in [-0.4, -0.2) is 56.5 Å². The summed E-state index contributed by atoms with van der Waals surface area (Å²) < 4.78 is 35.0. The van der Waals surface area contributed by atoms with Crippen LogP contribution in [0.3, 0.4) is 0 Å². The maximum Gasteiger partial charge on any atom is 0.253 e. The molecule has 1 aliphatic rings. The lowest BCUT2D eigenvalue weighted by atomic mass is 9.69. The van der Waals surface area contributed by atoms with E-state index in [0.29, 0.717) is 42.3 Å². The summed E-state index contributed by atoms with van der Waals surface area (Å²) in [5, 5.41) is 13.8. The number of thiophene rings is 1. The van der Waals surface area contributed by atoms with Crippen molar-refractivity contribution >= 4 is 33.8 Å². The molecular weight excluding hydrogens is 516 g/mol. The molecule has 1 saturated carbocycles. The summed E-state index contributed by atoms with van der Waals surface area (Å²) in [7, 11) is 1.91. The van der Waals surface area contributed by atoms with Crippen molar-refractivity contribution in [1.82, 2.24) is 9.21 Å². The van der Waals surface area contributed by atoms with E-state index >= 15 is 0 Å². The molecule has 0 aliphatic heterocycles. The van der Waals surface area contributed by atoms with Gasteiger partial charge in [-0.2, -0.15) is 4.31 Å². The Morgan fingerprint density at radius 1 is 1.08 bits per heavy atom. The minimum absolute atomic E-state index is 0. The van der Waals surface area contributed by atoms with Gasteiger partial charge in [0.25, 0.3) is 10.0 Å². The Bertz CT molecular complexity index is 1210. The smallest absolute Gasteiger partial charge is 0.253 e. The number of ether oxygens (including phenoxy) is 1. The molecule has 0 bridgehead atoms. The maximum absolute atomic E-state index is 13.8. The number of aliphatic hydroxyl groups is 1. The standard InChI is InChI=1S/C27H34N2O4S2.ClH/c1-28(2)20-23-17-24(14-15-27(23,30)22-11-7-12-25(18-22)33-3)29(19-21-9-5-4-6-10-21)35(31,32)26-13-8-16-34-26;/h4-13,16,18,23-24,30H,14-15,17,19-20H2,1-3H3;1H. The summed E-state index contributed by atoms with van der Waals surface area (Å²) in [4.78, 5) is 2.06. The molecule has 0 saturated heterocycles. The highest BCUT2D eigenvalue weighted by Gasteiger charge is 2.47. The van der Waals surface area contributed by atoms with E-state index in [2.05, 4.69) is 4.90 Å². The van der Waals surface area contributed by atoms with Crippen LogP contribution in [0.2, 0.25) is 0 Å². The highest BCUT2D eigenvalue weighted by molar-refractivity contribution is 7.91. The van der Waals surface area contributed by atoms with Crippen molar-refractivity contribution in [2.45, 2.75) is 41.7 Å². The van der Waals surface area contributed by atoms with Crippen LogP contribution < -0.4 is 4.74 Å². The van der Waals surface area contributed by atoms with Gasteiger partial charge in [0.1, 0.15) is 9.96 Å². The zero-order valence-corrected chi connectivity index (χ0v) is 23.4. The Balaban J connectivity index is 0.00000361. The molecule has 6 nitrogen and oxygen atoms in total. The Morgan fingerprint density at radius 3 is 2.47 bits per heavy atom. The van der Waals surface area contributed by atoms with Gasteiger partial charge in [0.15, 0.2) is 0 Å². The van der Waals surface area contributed by atoms with Crippen molar-refractivity contribution in [2.24, 2.45) is 5.92 Å². The monoisotopic (exact) mass is 550 g/mol. The van der Waals surface area contributed by atoms with E-state index in [1.54, 1.807) is 28.9 Å². The number of nitrogens with zero attached hydrogens (tertiary/aromatic N) is 2. The van der Waals surface area contributed by atoms with E-state index in [9.17, 15) is 13.5 Å². The van der Waals surface area contributed by atoms with Crippen LogP contribution in [0.25, 0.3) is 0 Å². The zero-order chi connectivity index (χ0) is 25.1. The third-order valence-corrected chi connectivity index (χ3v) is 10.2. The number of methoxy groups -OCH3 is 1. The maximum atomic E-state index is 13.8. The van der Waals surface area contributed by atoms with Gasteiger partial charge in [0, 0.05) is 25.0 Å². The molecule has 0 amide bonds. The third kappa shape index (κ3) is 6.13. The molecule has 196 valence electrons. The first kappa shape index (κ1) is 28.6. The molecule has 4 rings (SSSR count). The van der Waals surface area contributed by atoms with Gasteiger partial charge < -0.3 is 14.7 Å². The van der Waals surface area contributed by atoms with Crippen LogP contribution in [-0.2, 0) is 22.2 Å². The molecule has 3 unspecified atom stereocenters. The second-order valence-corrected chi connectivity index (χ2v) is 12.6. The van der Waals surface area contributed by atoms with Gasteiger partial charge in [-0.15, -0.1) is 23.7 Å². The molecular formula is C27H35ClN2O4S2. The van der Waals surface area contributed by atoms with Crippen molar-refractivity contribution in [1.29, 1.82) is 0 Å². The van der Waals surface area contributed by atoms with Gasteiger partial charge in [0.2, 0.25) is 0 Å². The summed E-state index contributed by atoms with van der Waals surface area (Å²) in [5.41, 5.74) is 0.698. The van der Waals surface area contributed by atoms with Gasteiger partial charge in [-0.1, -0.05) is 48.5 Å². The molecule has 1 aliphatic carbocycles. The largest absolute Gasteiger partial charge is 0.497 e. The molecule has 1 aromatic heterocycles. The SMILES string of the molecule is COc1cccc(C2(O)CCC(N(Cc3ccccc3)S(=O)(=O)c3cccs3)CC2CN(C)C)c1.Cl. The van der Waals surface area contributed by atoms with Gasteiger partial charge in [-0.05, 0) is 68.1 Å². The lowest BCUT2D eigenvalue weighted by molar-refractivity contribution is -0.0762. The molecule has 9 heteroatoms. The fraction of sp³-hybridized carbons (Fsp3) is 0.407. The average Bonchev–Trinajstić information content (AvgIpc) is 3.41. The minimum Gasteiger partial charge on any atom is -0.497 e. The van der Waals surface area contributed by atoms with E-state index in [4.69, 9.17) is 4.74 Å². The van der Waals surface area contributed by atoms with E-state index < -0.39 is 15.6 Å². The summed E-state index contributed by atoms with van der Waals surface area (Å²) in [5.74, 6) is 0.549. The highest BCUT2D eigenvalue weighted by atomic mass is 35.5. The molecule has 1 heterocycles. The first-order valence-electron chi connectivity index (χ1n) is 11.8. The summed E-state index contributed by atoms with van der Waals surface area (Å²) in [6.07, 6.45) is 1.59. The topological polar surface area (TPSA) is 70.1 Å². The number of hydrogen-bond donors (Lipinski definition) is 1. The molecule has 0 radical (unpaired) electrons. The number of halogens is 1. The van der Waals surface area contributed by atoms with E-state index in [-0.39, 0.29) is 24.4 Å². The minimum atomic E-state index is -3.68. The first-order valence-corrected chi connectivity index (χ1v) is 14.2. The van der Waals surface area contributed by atoms with Crippen molar-refractivity contribution in [3.05, 3.63) is 83.2 Å². The predicted molar refractivity (Wildman–Crippen MR) is 147 cm³/mol. The van der Waals surface area contributed by atoms with Crippen LogP contribution in [0.15, 0.2) is 76.3 Å². The number of benzene rings is 2. The lowest BCUT2D eigenvalue weighted by Crippen LogP contribution is -2.51. The molecule has 1 fully saturated rings. The van der Waals surface area contributed by atoms with Crippen LogP contribution in [0.4, 0.5) is 0 Å². The van der Waals surface area contributed by atoms with Crippen LogP contribution in [0, 0.1) is 5.92 Å². The van der Waals surface area contributed by atoms with Crippen LogP contribution in [0.1, 0.15) is 30.4 Å². The average molecular weight is 551 g/mol. The summed E-state index contributed by atoms with van der Waals surface area (Å²) in [6, 6.07) is 20.5. The van der Waals surface area contributed by atoms with E-state index in [0.717, 1.165) is 11.1 Å². The molecule has 0 spiro atoms. The summed E-state index contributed by atoms with van der Waals surface area (Å²) in [6.45, 7) is 0.945. The Morgan fingerprint density at radius 2 is 1.83 bits per heavy atom. The van der Waals surface area contributed by atoms with Crippen molar-refractivity contribution in [3.63, 3.8) is 0 Å². The van der Waals surface area contributed by atoms with Crippen molar-refractivity contribution < 1.29 is 18.3 Å². The molecule has 1 N–H and O–H groups in total. The Labute approximate surface area is 225 Å². The number of hydrogen-bond acceptors (Lipinski definition) is 6. The van der Waals surface area contributed by atoms with Crippen molar-refractivity contribution in [3.8, 4) is 5.75 Å². The molecule has 36 heavy (non-hydrogen) atoms. The van der Waals surface area contributed by atoms with Crippen LogP contribution in [0.5, 0.6) is 5.75 Å². The predicted octanol–water partition coefficient (Wildman–Crippen LogP) is 4.99. The summed E-state index contributed by atoms with van der Waals surface area (Å²) >= 11 is 1.24. The first-order chi connectivity index (χ1) is 16.7. The molecule has 2 aromatic carbocycles. The Kier molecular flexibility index (Phi) is 9.60. The number of sulfonamides is 1. The molecule has 3 atom stereocenters. The third-order valence-electron chi connectivity index (χ3n) is 6.89. The van der Waals surface area contributed by atoms with Crippen molar-refractivity contribution in [2.75, 3.05) is 27.7 Å². The van der Waals surface area contributed by atoms with Gasteiger partial charge in [0.05, 0.1) is 12.7 Å². The second kappa shape index (κ2) is 12.1. The van der Waals surface area contributed by atoms with Gasteiger partial charge in [-0.3, -0.25) is 0 Å². The molecule has 3 aromatic rings. The fourth-order valence-electron chi connectivity index (χ4n) is 5.13.